The first-order valence-electron chi connectivity index (χ1n) is 4.28. The molecule has 1 unspecified atom stereocenters. The van der Waals surface area contributed by atoms with Crippen LogP contribution in [0, 0.1) is 0 Å². The summed E-state index contributed by atoms with van der Waals surface area (Å²) in [6, 6.07) is 0. The third kappa shape index (κ3) is 2.42. The van der Waals surface area contributed by atoms with Gasteiger partial charge in [-0.25, -0.2) is 4.79 Å². The average molecular weight is 226 g/mol. The molecule has 0 aliphatic carbocycles. The Bertz CT molecular complexity index is 266. The van der Waals surface area contributed by atoms with Gasteiger partial charge in [-0.3, -0.25) is 0 Å². The number of alkyl halides is 2. The van der Waals surface area contributed by atoms with Gasteiger partial charge in [0.25, 0.3) is 0 Å². The fourth-order valence-electron chi connectivity index (χ4n) is 1.23. The fraction of sp³-hybridized carbons (Fsp3) is 0.875. The standard InChI is InChI=1S/C8H12F2O5/c1-7(2)14-3-4(15-7)5(11)8(9,10)6(12)13/h4-5,11H,3H2,1-2H3,(H,12,13)/t4?,5-/m1/s1. The van der Waals surface area contributed by atoms with Crippen LogP contribution in [0.5, 0.6) is 0 Å². The lowest BCUT2D eigenvalue weighted by Gasteiger charge is -2.24. The zero-order valence-electron chi connectivity index (χ0n) is 8.24. The van der Waals surface area contributed by atoms with Crippen LogP contribution in [-0.2, 0) is 14.3 Å². The Hall–Kier alpha value is -0.790. The predicted octanol–water partition coefficient (Wildman–Crippen LogP) is 0.219. The predicted molar refractivity (Wildman–Crippen MR) is 43.5 cm³/mol. The van der Waals surface area contributed by atoms with Crippen molar-refractivity contribution in [1.82, 2.24) is 0 Å². The molecule has 1 saturated heterocycles. The first-order chi connectivity index (χ1) is 6.67. The summed E-state index contributed by atoms with van der Waals surface area (Å²) in [5, 5.41) is 17.3. The van der Waals surface area contributed by atoms with Crippen LogP contribution >= 0.6 is 0 Å². The minimum atomic E-state index is -4.24. The number of carbonyl (C=O) groups is 1. The molecule has 0 aromatic heterocycles. The van der Waals surface area contributed by atoms with E-state index >= 15 is 0 Å². The number of rotatable bonds is 3. The minimum Gasteiger partial charge on any atom is -0.477 e. The topological polar surface area (TPSA) is 76.0 Å². The van der Waals surface area contributed by atoms with Crippen molar-refractivity contribution in [2.45, 2.75) is 37.8 Å². The second kappa shape index (κ2) is 3.66. The maximum absolute atomic E-state index is 12.9. The monoisotopic (exact) mass is 226 g/mol. The third-order valence-corrected chi connectivity index (χ3v) is 2.04. The van der Waals surface area contributed by atoms with E-state index in [9.17, 15) is 13.6 Å². The van der Waals surface area contributed by atoms with E-state index in [4.69, 9.17) is 19.7 Å². The van der Waals surface area contributed by atoms with Crippen molar-refractivity contribution in [2.24, 2.45) is 0 Å². The Morgan fingerprint density at radius 1 is 1.60 bits per heavy atom. The van der Waals surface area contributed by atoms with Crippen LogP contribution in [0.4, 0.5) is 8.78 Å². The van der Waals surface area contributed by atoms with Crippen molar-refractivity contribution in [3.05, 3.63) is 0 Å². The highest BCUT2D eigenvalue weighted by Gasteiger charge is 2.53. The summed E-state index contributed by atoms with van der Waals surface area (Å²) >= 11 is 0. The van der Waals surface area contributed by atoms with Gasteiger partial charge in [0.2, 0.25) is 0 Å². The van der Waals surface area contributed by atoms with Gasteiger partial charge in [0.05, 0.1) is 6.61 Å². The molecule has 0 radical (unpaired) electrons. The van der Waals surface area contributed by atoms with Crippen molar-refractivity contribution in [2.75, 3.05) is 6.61 Å². The molecule has 88 valence electrons. The Balaban J connectivity index is 2.70. The summed E-state index contributed by atoms with van der Waals surface area (Å²) in [5.41, 5.74) is 0. The van der Waals surface area contributed by atoms with Gasteiger partial charge >= 0.3 is 11.9 Å². The molecular weight excluding hydrogens is 214 g/mol. The van der Waals surface area contributed by atoms with E-state index in [-0.39, 0.29) is 6.61 Å². The number of ether oxygens (including phenoxy) is 2. The molecule has 7 heteroatoms. The van der Waals surface area contributed by atoms with Gasteiger partial charge < -0.3 is 19.7 Å². The molecule has 0 bridgehead atoms. The van der Waals surface area contributed by atoms with E-state index < -0.39 is 29.9 Å². The van der Waals surface area contributed by atoms with Gasteiger partial charge in [-0.15, -0.1) is 0 Å². The molecule has 15 heavy (non-hydrogen) atoms. The number of hydrogen-bond donors (Lipinski definition) is 2. The van der Waals surface area contributed by atoms with Crippen molar-refractivity contribution in [3.8, 4) is 0 Å². The summed E-state index contributed by atoms with van der Waals surface area (Å²) in [6.45, 7) is 2.70. The van der Waals surface area contributed by atoms with E-state index in [2.05, 4.69) is 0 Å². The normalized spacial score (nSPS) is 27.7. The van der Waals surface area contributed by atoms with Crippen molar-refractivity contribution >= 4 is 5.97 Å². The zero-order chi connectivity index (χ0) is 11.9. The molecule has 1 aliphatic rings. The summed E-state index contributed by atoms with van der Waals surface area (Å²) < 4.78 is 35.6. The van der Waals surface area contributed by atoms with Crippen LogP contribution in [0.3, 0.4) is 0 Å². The number of carboxylic acid groups (broad SMARTS) is 1. The summed E-state index contributed by atoms with van der Waals surface area (Å²) in [5.74, 6) is -7.71. The van der Waals surface area contributed by atoms with Gasteiger partial charge in [0.1, 0.15) is 6.10 Å². The van der Waals surface area contributed by atoms with E-state index in [0.717, 1.165) is 0 Å². The highest BCUT2D eigenvalue weighted by Crippen LogP contribution is 2.30. The smallest absolute Gasteiger partial charge is 0.377 e. The molecule has 0 amide bonds. The number of halogens is 2. The molecule has 1 aliphatic heterocycles. The molecule has 0 aromatic carbocycles. The molecule has 0 aromatic rings. The summed E-state index contributed by atoms with van der Waals surface area (Å²) in [4.78, 5) is 10.2. The minimum absolute atomic E-state index is 0.267. The van der Waals surface area contributed by atoms with E-state index in [1.165, 1.54) is 13.8 Å². The van der Waals surface area contributed by atoms with Gasteiger partial charge in [-0.05, 0) is 13.8 Å². The molecule has 1 fully saturated rings. The maximum Gasteiger partial charge on any atom is 0.377 e. The molecule has 5 nitrogen and oxygen atoms in total. The average Bonchev–Trinajstić information content (AvgIpc) is 2.44. The second-order valence-electron chi connectivity index (χ2n) is 3.74. The first-order valence-corrected chi connectivity index (χ1v) is 4.28. The van der Waals surface area contributed by atoms with Gasteiger partial charge in [-0.1, -0.05) is 0 Å². The van der Waals surface area contributed by atoms with E-state index in [1.807, 2.05) is 0 Å². The number of hydrogen-bond acceptors (Lipinski definition) is 4. The van der Waals surface area contributed by atoms with Gasteiger partial charge in [-0.2, -0.15) is 8.78 Å². The SMILES string of the molecule is CC1(C)OCC([C@@H](O)C(F)(F)C(=O)O)O1. The summed E-state index contributed by atoms with van der Waals surface area (Å²) in [6.07, 6.45) is -3.76. The Labute approximate surface area is 84.6 Å². The molecule has 1 heterocycles. The van der Waals surface area contributed by atoms with Crippen LogP contribution in [0.1, 0.15) is 13.8 Å². The largest absolute Gasteiger partial charge is 0.477 e. The van der Waals surface area contributed by atoms with Crippen LogP contribution in [0.15, 0.2) is 0 Å². The Kier molecular flexibility index (Phi) is 2.99. The van der Waals surface area contributed by atoms with Crippen molar-refractivity contribution < 1.29 is 33.3 Å². The molecule has 0 saturated carbocycles. The lowest BCUT2D eigenvalue weighted by Crippen LogP contribution is -2.49. The maximum atomic E-state index is 12.9. The van der Waals surface area contributed by atoms with Crippen LogP contribution in [0.25, 0.3) is 0 Å². The Morgan fingerprint density at radius 3 is 2.47 bits per heavy atom. The highest BCUT2D eigenvalue weighted by molar-refractivity contribution is 5.76. The lowest BCUT2D eigenvalue weighted by molar-refractivity contribution is -0.206. The second-order valence-corrected chi connectivity index (χ2v) is 3.74. The van der Waals surface area contributed by atoms with E-state index in [1.54, 1.807) is 0 Å². The lowest BCUT2D eigenvalue weighted by atomic mass is 10.1. The highest BCUT2D eigenvalue weighted by atomic mass is 19.3. The van der Waals surface area contributed by atoms with Crippen LogP contribution < -0.4 is 0 Å². The number of aliphatic carboxylic acids is 1. The zero-order valence-corrected chi connectivity index (χ0v) is 8.24. The summed E-state index contributed by atoms with van der Waals surface area (Å²) in [7, 11) is 0. The molecule has 2 N–H and O–H groups in total. The first kappa shape index (κ1) is 12.3. The Morgan fingerprint density at radius 2 is 2.13 bits per heavy atom. The molecular formula is C8H12F2O5. The number of carboxylic acids is 1. The number of aliphatic hydroxyl groups is 1. The van der Waals surface area contributed by atoms with Gasteiger partial charge in [0.15, 0.2) is 11.9 Å². The molecule has 1 rings (SSSR count). The number of aliphatic hydroxyl groups excluding tert-OH is 1. The van der Waals surface area contributed by atoms with Crippen LogP contribution in [-0.4, -0.2) is 46.7 Å². The van der Waals surface area contributed by atoms with E-state index in [0.29, 0.717) is 0 Å². The molecule has 0 spiro atoms. The van der Waals surface area contributed by atoms with Gasteiger partial charge in [0, 0.05) is 0 Å². The molecule has 2 atom stereocenters. The third-order valence-electron chi connectivity index (χ3n) is 2.04. The fourth-order valence-corrected chi connectivity index (χ4v) is 1.23. The quantitative estimate of drug-likeness (QED) is 0.719. The van der Waals surface area contributed by atoms with Crippen molar-refractivity contribution in [3.63, 3.8) is 0 Å². The van der Waals surface area contributed by atoms with Crippen molar-refractivity contribution in [1.29, 1.82) is 0 Å². The van der Waals surface area contributed by atoms with Crippen LogP contribution in [0.2, 0.25) is 0 Å².